The number of anilines is 1. The topological polar surface area (TPSA) is 125 Å². The van der Waals surface area contributed by atoms with Crippen molar-refractivity contribution in [3.63, 3.8) is 0 Å². The molecule has 0 N–H and O–H groups in total. The van der Waals surface area contributed by atoms with E-state index < -0.39 is 32.2 Å². The summed E-state index contributed by atoms with van der Waals surface area (Å²) in [7, 11) is 1.62. The maximum Gasteiger partial charge on any atom is 0.330 e. The number of hydrogen-bond donors (Lipinski definition) is 0. The summed E-state index contributed by atoms with van der Waals surface area (Å²) in [5, 5.41) is 0.330. The maximum absolute atomic E-state index is 14.4. The Balaban J connectivity index is 1.58. The Morgan fingerprint density at radius 1 is 0.841 bits per heavy atom. The Bertz CT molecular complexity index is 2380. The van der Waals surface area contributed by atoms with Crippen LogP contribution in [0.3, 0.4) is 0 Å². The summed E-state index contributed by atoms with van der Waals surface area (Å²) in [5.41, 5.74) is 0.199. The number of rotatable bonds is 4. The van der Waals surface area contributed by atoms with Crippen molar-refractivity contribution in [1.29, 1.82) is 0 Å². The number of hydrogen-bond acceptors (Lipinski definition) is 6. The predicted molar refractivity (Wildman–Crippen MR) is 166 cm³/mol. The van der Waals surface area contributed by atoms with Gasteiger partial charge in [0.25, 0.3) is 21.1 Å². The summed E-state index contributed by atoms with van der Waals surface area (Å²) >= 11 is 0. The average Bonchev–Trinajstić information content (AvgIpc) is 3.56. The number of aryl methyl sites for hydroxylation is 3. The second-order valence-corrected chi connectivity index (χ2v) is 13.6. The van der Waals surface area contributed by atoms with Crippen LogP contribution in [0.1, 0.15) is 29.0 Å². The molecule has 224 valence electrons. The fourth-order valence-corrected chi connectivity index (χ4v) is 8.29. The van der Waals surface area contributed by atoms with Gasteiger partial charge in [-0.3, -0.25) is 19.0 Å². The van der Waals surface area contributed by atoms with Crippen molar-refractivity contribution in [1.82, 2.24) is 17.7 Å². The molecular weight excluding hydrogens is 582 g/mol. The molecule has 1 aliphatic heterocycles. The quantitative estimate of drug-likeness (QED) is 0.307. The first kappa shape index (κ1) is 27.8. The van der Waals surface area contributed by atoms with Crippen LogP contribution >= 0.6 is 0 Å². The largest absolute Gasteiger partial charge is 0.330 e. The van der Waals surface area contributed by atoms with Crippen LogP contribution in [-0.2, 0) is 41.4 Å². The highest BCUT2D eigenvalue weighted by Crippen LogP contribution is 2.66. The average molecular weight is 612 g/mol. The van der Waals surface area contributed by atoms with Gasteiger partial charge < -0.3 is 14.0 Å². The predicted octanol–water partition coefficient (Wildman–Crippen LogP) is 2.35. The highest BCUT2D eigenvalue weighted by atomic mass is 32.2. The molecular formula is C32H29N5O6S. The second-order valence-electron chi connectivity index (χ2n) is 11.8. The van der Waals surface area contributed by atoms with Crippen molar-refractivity contribution in [2.24, 2.45) is 21.1 Å². The summed E-state index contributed by atoms with van der Waals surface area (Å²) in [6.45, 7) is 1.83. The molecule has 0 unspecified atom stereocenters. The van der Waals surface area contributed by atoms with E-state index in [1.54, 1.807) is 30.3 Å². The molecule has 11 nitrogen and oxygen atoms in total. The van der Waals surface area contributed by atoms with E-state index in [2.05, 4.69) is 0 Å². The summed E-state index contributed by atoms with van der Waals surface area (Å²) < 4.78 is 33.1. The van der Waals surface area contributed by atoms with Gasteiger partial charge in [-0.1, -0.05) is 35.9 Å². The van der Waals surface area contributed by atoms with Crippen LogP contribution < -0.4 is 21.7 Å². The van der Waals surface area contributed by atoms with E-state index in [1.807, 2.05) is 31.2 Å². The van der Waals surface area contributed by atoms with Crippen LogP contribution in [0.15, 0.2) is 86.3 Å². The Hall–Kier alpha value is -4.97. The van der Waals surface area contributed by atoms with Crippen LogP contribution in [0.2, 0.25) is 0 Å². The molecule has 44 heavy (non-hydrogen) atoms. The third kappa shape index (κ3) is 3.51. The minimum atomic E-state index is -4.43. The Kier molecular flexibility index (Phi) is 5.71. The van der Waals surface area contributed by atoms with Gasteiger partial charge in [0.15, 0.2) is 0 Å². The third-order valence-electron chi connectivity index (χ3n) is 9.17. The van der Waals surface area contributed by atoms with Crippen molar-refractivity contribution >= 4 is 32.5 Å². The molecule has 7 rings (SSSR count). The molecule has 4 heterocycles. The number of carbonyl (C=O) groups excluding carboxylic acids is 1. The molecule has 2 aromatic carbocycles. The maximum atomic E-state index is 14.4. The summed E-state index contributed by atoms with van der Waals surface area (Å²) in [6, 6.07) is 15.3. The minimum absolute atomic E-state index is 0.0497. The van der Waals surface area contributed by atoms with Gasteiger partial charge in [-0.25, -0.2) is 17.2 Å². The van der Waals surface area contributed by atoms with Crippen LogP contribution in [0.4, 0.5) is 5.69 Å². The zero-order valence-electron chi connectivity index (χ0n) is 24.7. The normalized spacial score (nSPS) is 19.2. The standard InChI is InChI=1S/C32H29N5O6S/c1-18-10-12-19(13-11-18)44(42,43)37-26(22-17-34(3)31(41)36(5)28(22)38)14-20-21(16-33(2)29(39)27(20)37)24-15-32(24)23-8-6-7-9-25(23)35(4)30(32)40/h6-14,16-17,24H,15H2,1-5H3/t24-,32-/m0/s1. The molecule has 1 saturated carbocycles. The lowest BCUT2D eigenvalue weighted by Crippen LogP contribution is -2.37. The second kappa shape index (κ2) is 9.02. The number of benzene rings is 2. The fraction of sp³-hybridized carbons (Fsp3) is 0.250. The number of amides is 1. The van der Waals surface area contributed by atoms with Crippen LogP contribution in [0, 0.1) is 6.92 Å². The van der Waals surface area contributed by atoms with Crippen LogP contribution in [0.25, 0.3) is 22.2 Å². The van der Waals surface area contributed by atoms with Crippen LogP contribution in [-0.4, -0.2) is 39.0 Å². The van der Waals surface area contributed by atoms with E-state index in [9.17, 15) is 27.6 Å². The minimum Gasteiger partial charge on any atom is -0.316 e. The summed E-state index contributed by atoms with van der Waals surface area (Å²) in [4.78, 5) is 55.2. The molecule has 0 bridgehead atoms. The fourth-order valence-electron chi connectivity index (χ4n) is 6.77. The van der Waals surface area contributed by atoms with Gasteiger partial charge in [0, 0.05) is 57.6 Å². The molecule has 3 aromatic heterocycles. The SMILES string of the molecule is Cc1ccc(S(=O)(=O)n2c(-c3cn(C)c(=O)n(C)c3=O)cc3c([C@@H]4C[C@@]45C(=O)N(C)c4ccccc45)cn(C)c(=O)c32)cc1. The first-order chi connectivity index (χ1) is 20.8. The monoisotopic (exact) mass is 611 g/mol. The number of aromatic nitrogens is 4. The first-order valence-electron chi connectivity index (χ1n) is 14.0. The molecule has 2 atom stereocenters. The number of carbonyl (C=O) groups is 1. The molecule has 0 saturated heterocycles. The van der Waals surface area contributed by atoms with Gasteiger partial charge >= 0.3 is 5.69 Å². The first-order valence-corrected chi connectivity index (χ1v) is 15.5. The van der Waals surface area contributed by atoms with E-state index in [4.69, 9.17) is 0 Å². The lowest BCUT2D eigenvalue weighted by molar-refractivity contribution is -0.120. The molecule has 1 aliphatic carbocycles. The molecule has 12 heteroatoms. The number of likely N-dealkylation sites (N-methyl/N-ethyl adjacent to an activating group) is 1. The highest BCUT2D eigenvalue weighted by molar-refractivity contribution is 7.90. The van der Waals surface area contributed by atoms with Gasteiger partial charge in [-0.05, 0) is 48.7 Å². The molecule has 1 spiro atoms. The van der Waals surface area contributed by atoms with Crippen molar-refractivity contribution in [3.8, 4) is 11.3 Å². The van der Waals surface area contributed by atoms with Crippen molar-refractivity contribution in [2.45, 2.75) is 29.6 Å². The van der Waals surface area contributed by atoms with Crippen molar-refractivity contribution in [2.75, 3.05) is 11.9 Å². The van der Waals surface area contributed by atoms with E-state index in [0.29, 0.717) is 17.4 Å². The number of nitrogens with zero attached hydrogens (tertiary/aromatic N) is 5. The van der Waals surface area contributed by atoms with Crippen molar-refractivity contribution < 1.29 is 13.2 Å². The zero-order valence-corrected chi connectivity index (χ0v) is 25.5. The Labute approximate surface area is 251 Å². The van der Waals surface area contributed by atoms with E-state index in [-0.39, 0.29) is 33.5 Å². The van der Waals surface area contributed by atoms with E-state index in [1.165, 1.54) is 54.7 Å². The van der Waals surface area contributed by atoms with Gasteiger partial charge in [0.2, 0.25) is 5.91 Å². The summed E-state index contributed by atoms with van der Waals surface area (Å²) in [5.74, 6) is -0.409. The summed E-state index contributed by atoms with van der Waals surface area (Å²) in [6.07, 6.45) is 3.42. The van der Waals surface area contributed by atoms with Crippen LogP contribution in [0.5, 0.6) is 0 Å². The zero-order chi connectivity index (χ0) is 31.5. The number of para-hydroxylation sites is 1. The third-order valence-corrected chi connectivity index (χ3v) is 10.9. The lowest BCUT2D eigenvalue weighted by Gasteiger charge is -2.15. The molecule has 2 aliphatic rings. The molecule has 5 aromatic rings. The molecule has 1 fully saturated rings. The number of pyridine rings is 1. The molecule has 1 amide bonds. The Morgan fingerprint density at radius 3 is 2.23 bits per heavy atom. The van der Waals surface area contributed by atoms with Gasteiger partial charge in [-0.2, -0.15) is 0 Å². The van der Waals surface area contributed by atoms with Gasteiger partial charge in [-0.15, -0.1) is 0 Å². The lowest BCUT2D eigenvalue weighted by atomic mass is 9.91. The van der Waals surface area contributed by atoms with Gasteiger partial charge in [0.05, 0.1) is 21.6 Å². The van der Waals surface area contributed by atoms with Crippen molar-refractivity contribution in [3.05, 3.63) is 115 Å². The number of fused-ring (bicyclic) bond motifs is 3. The molecule has 0 radical (unpaired) electrons. The highest BCUT2D eigenvalue weighted by Gasteiger charge is 2.67. The van der Waals surface area contributed by atoms with Gasteiger partial charge in [0.1, 0.15) is 5.52 Å². The van der Waals surface area contributed by atoms with E-state index in [0.717, 1.165) is 25.4 Å². The Morgan fingerprint density at radius 2 is 1.52 bits per heavy atom. The smallest absolute Gasteiger partial charge is 0.316 e. The van der Waals surface area contributed by atoms with E-state index >= 15 is 0 Å².